The van der Waals surface area contributed by atoms with E-state index in [4.69, 9.17) is 0 Å². The number of benzene rings is 1. The van der Waals surface area contributed by atoms with Crippen molar-refractivity contribution in [3.8, 4) is 0 Å². The fourth-order valence-electron chi connectivity index (χ4n) is 3.51. The van der Waals surface area contributed by atoms with Gasteiger partial charge in [0.1, 0.15) is 0 Å². The zero-order valence-electron chi connectivity index (χ0n) is 15.9. The SMILES string of the molecule is CCCCCCc1c(CCCCCCC(=O)OC)[nH]c2ccccc12. The van der Waals surface area contributed by atoms with E-state index in [2.05, 4.69) is 40.9 Å². The van der Waals surface area contributed by atoms with E-state index in [1.165, 1.54) is 74.2 Å². The number of ether oxygens (including phenoxy) is 1. The molecule has 0 aliphatic rings. The highest BCUT2D eigenvalue weighted by atomic mass is 16.5. The van der Waals surface area contributed by atoms with Gasteiger partial charge in [0.15, 0.2) is 0 Å². The highest BCUT2D eigenvalue weighted by Crippen LogP contribution is 2.26. The van der Waals surface area contributed by atoms with E-state index in [9.17, 15) is 4.79 Å². The van der Waals surface area contributed by atoms with Gasteiger partial charge in [0.05, 0.1) is 7.11 Å². The molecule has 2 rings (SSSR count). The third-order valence-electron chi connectivity index (χ3n) is 4.97. The number of carbonyl (C=O) groups excluding carboxylic acids is 1. The molecule has 0 spiro atoms. The van der Waals surface area contributed by atoms with E-state index < -0.39 is 0 Å². The number of aromatic nitrogens is 1. The molecule has 138 valence electrons. The van der Waals surface area contributed by atoms with Gasteiger partial charge in [-0.1, -0.05) is 57.2 Å². The fraction of sp³-hybridized carbons (Fsp3) is 0.591. The number of hydrogen-bond acceptors (Lipinski definition) is 2. The predicted molar refractivity (Wildman–Crippen MR) is 105 cm³/mol. The molecule has 0 atom stereocenters. The van der Waals surface area contributed by atoms with Crippen LogP contribution < -0.4 is 0 Å². The molecule has 25 heavy (non-hydrogen) atoms. The first-order valence-electron chi connectivity index (χ1n) is 9.91. The fourth-order valence-corrected chi connectivity index (χ4v) is 3.51. The lowest BCUT2D eigenvalue weighted by atomic mass is 10.00. The van der Waals surface area contributed by atoms with E-state index in [0.717, 1.165) is 19.3 Å². The summed E-state index contributed by atoms with van der Waals surface area (Å²) >= 11 is 0. The molecule has 0 amide bonds. The third-order valence-corrected chi connectivity index (χ3v) is 4.97. The van der Waals surface area contributed by atoms with Crippen molar-refractivity contribution in [3.63, 3.8) is 0 Å². The van der Waals surface area contributed by atoms with Crippen LogP contribution in [0.5, 0.6) is 0 Å². The molecule has 3 heteroatoms. The minimum atomic E-state index is -0.0926. The number of carbonyl (C=O) groups is 1. The van der Waals surface area contributed by atoms with Crippen molar-refractivity contribution in [1.29, 1.82) is 0 Å². The number of aryl methyl sites for hydroxylation is 2. The minimum Gasteiger partial charge on any atom is -0.469 e. The van der Waals surface area contributed by atoms with Crippen molar-refractivity contribution >= 4 is 16.9 Å². The first-order chi connectivity index (χ1) is 12.3. The van der Waals surface area contributed by atoms with Gasteiger partial charge < -0.3 is 9.72 Å². The van der Waals surface area contributed by atoms with Gasteiger partial charge in [-0.15, -0.1) is 0 Å². The number of esters is 1. The van der Waals surface area contributed by atoms with Gasteiger partial charge in [0.2, 0.25) is 0 Å². The second-order valence-electron chi connectivity index (χ2n) is 6.93. The van der Waals surface area contributed by atoms with Crippen LogP contribution in [0.15, 0.2) is 24.3 Å². The average Bonchev–Trinajstić information content (AvgIpc) is 2.99. The van der Waals surface area contributed by atoms with Crippen molar-refractivity contribution in [2.45, 2.75) is 77.6 Å². The molecular weight excluding hydrogens is 310 g/mol. The average molecular weight is 344 g/mol. The van der Waals surface area contributed by atoms with Gasteiger partial charge in [-0.3, -0.25) is 4.79 Å². The molecule has 0 aliphatic heterocycles. The summed E-state index contributed by atoms with van der Waals surface area (Å²) in [5.74, 6) is -0.0926. The molecular formula is C22H33NO2. The molecule has 0 saturated heterocycles. The first-order valence-corrected chi connectivity index (χ1v) is 9.91. The van der Waals surface area contributed by atoms with Crippen LogP contribution in [0.3, 0.4) is 0 Å². The van der Waals surface area contributed by atoms with Crippen molar-refractivity contribution in [3.05, 3.63) is 35.5 Å². The summed E-state index contributed by atoms with van der Waals surface area (Å²) in [4.78, 5) is 14.8. The molecule has 0 bridgehead atoms. The van der Waals surface area contributed by atoms with Crippen molar-refractivity contribution in [2.75, 3.05) is 7.11 Å². The van der Waals surface area contributed by atoms with Crippen LogP contribution in [0.25, 0.3) is 10.9 Å². The van der Waals surface area contributed by atoms with E-state index in [-0.39, 0.29) is 5.97 Å². The van der Waals surface area contributed by atoms with Gasteiger partial charge in [0, 0.05) is 23.0 Å². The summed E-state index contributed by atoms with van der Waals surface area (Å²) < 4.78 is 4.69. The Morgan fingerprint density at radius 1 is 0.960 bits per heavy atom. The summed E-state index contributed by atoms with van der Waals surface area (Å²) in [7, 11) is 1.46. The van der Waals surface area contributed by atoms with Crippen molar-refractivity contribution in [2.24, 2.45) is 0 Å². The van der Waals surface area contributed by atoms with E-state index >= 15 is 0 Å². The van der Waals surface area contributed by atoms with Crippen LogP contribution in [0.4, 0.5) is 0 Å². The summed E-state index contributed by atoms with van der Waals surface area (Å²) in [5.41, 5.74) is 4.22. The Hall–Kier alpha value is -1.77. The molecule has 1 aromatic carbocycles. The van der Waals surface area contributed by atoms with Gasteiger partial charge in [-0.25, -0.2) is 0 Å². The lowest BCUT2D eigenvalue weighted by Crippen LogP contribution is -1.99. The second-order valence-corrected chi connectivity index (χ2v) is 6.93. The number of rotatable bonds is 12. The normalized spacial score (nSPS) is 11.1. The monoisotopic (exact) mass is 343 g/mol. The summed E-state index contributed by atoms with van der Waals surface area (Å²) in [6.45, 7) is 2.26. The Kier molecular flexibility index (Phi) is 8.58. The van der Waals surface area contributed by atoms with Crippen LogP contribution in [0, 0.1) is 0 Å². The lowest BCUT2D eigenvalue weighted by Gasteiger charge is -2.06. The maximum atomic E-state index is 11.1. The number of H-pyrrole nitrogens is 1. The van der Waals surface area contributed by atoms with Gasteiger partial charge >= 0.3 is 5.97 Å². The molecule has 0 saturated carbocycles. The number of aromatic amines is 1. The molecule has 0 radical (unpaired) electrons. The Balaban J connectivity index is 1.87. The minimum absolute atomic E-state index is 0.0926. The smallest absolute Gasteiger partial charge is 0.305 e. The second kappa shape index (κ2) is 11.0. The zero-order valence-corrected chi connectivity index (χ0v) is 15.9. The van der Waals surface area contributed by atoms with Crippen molar-refractivity contribution in [1.82, 2.24) is 4.98 Å². The van der Waals surface area contributed by atoms with Crippen LogP contribution in [-0.4, -0.2) is 18.1 Å². The Morgan fingerprint density at radius 2 is 1.68 bits per heavy atom. The third kappa shape index (κ3) is 6.22. The van der Waals surface area contributed by atoms with Gasteiger partial charge in [-0.2, -0.15) is 0 Å². The van der Waals surface area contributed by atoms with Crippen LogP contribution >= 0.6 is 0 Å². The van der Waals surface area contributed by atoms with Gasteiger partial charge in [-0.05, 0) is 43.7 Å². The van der Waals surface area contributed by atoms with E-state index in [1.807, 2.05) is 0 Å². The maximum absolute atomic E-state index is 11.1. The van der Waals surface area contributed by atoms with E-state index in [1.54, 1.807) is 0 Å². The first kappa shape index (κ1) is 19.6. The van der Waals surface area contributed by atoms with Crippen molar-refractivity contribution < 1.29 is 9.53 Å². The van der Waals surface area contributed by atoms with Gasteiger partial charge in [0.25, 0.3) is 0 Å². The lowest BCUT2D eigenvalue weighted by molar-refractivity contribution is -0.140. The predicted octanol–water partition coefficient (Wildman–Crippen LogP) is 5.96. The number of nitrogens with one attached hydrogen (secondary N) is 1. The highest BCUT2D eigenvalue weighted by Gasteiger charge is 2.10. The topological polar surface area (TPSA) is 42.1 Å². The molecule has 2 aromatic rings. The van der Waals surface area contributed by atoms with Crippen LogP contribution in [0.2, 0.25) is 0 Å². The summed E-state index contributed by atoms with van der Waals surface area (Å²) in [6.07, 6.45) is 12.4. The Labute approximate surface area is 152 Å². The quantitative estimate of drug-likeness (QED) is 0.382. The summed E-state index contributed by atoms with van der Waals surface area (Å²) in [5, 5.41) is 1.40. The number of hydrogen-bond donors (Lipinski definition) is 1. The molecule has 1 heterocycles. The molecule has 0 unspecified atom stereocenters. The zero-order chi connectivity index (χ0) is 17.9. The summed E-state index contributed by atoms with van der Waals surface area (Å²) in [6, 6.07) is 8.68. The standard InChI is InChI=1S/C22H33NO2/c1-3-4-5-8-13-18-19-14-11-12-16-21(19)23-20(18)15-9-6-7-10-17-22(24)25-2/h11-12,14,16,23H,3-10,13,15,17H2,1-2H3. The Bertz CT molecular complexity index is 645. The van der Waals surface area contributed by atoms with Crippen LogP contribution in [0.1, 0.15) is 76.0 Å². The molecule has 3 nitrogen and oxygen atoms in total. The molecule has 1 aromatic heterocycles. The van der Waals surface area contributed by atoms with Crippen LogP contribution in [-0.2, 0) is 22.4 Å². The molecule has 0 fully saturated rings. The largest absolute Gasteiger partial charge is 0.469 e. The molecule has 0 aliphatic carbocycles. The maximum Gasteiger partial charge on any atom is 0.305 e. The number of methoxy groups -OCH3 is 1. The number of unbranched alkanes of at least 4 members (excludes halogenated alkanes) is 6. The number of fused-ring (bicyclic) bond motifs is 1. The highest BCUT2D eigenvalue weighted by molar-refractivity contribution is 5.84. The Morgan fingerprint density at radius 3 is 2.48 bits per heavy atom. The van der Waals surface area contributed by atoms with E-state index in [0.29, 0.717) is 6.42 Å². The number of para-hydroxylation sites is 1. The molecule has 1 N–H and O–H groups in total.